The highest BCUT2D eigenvalue weighted by Gasteiger charge is 2.32. The molecule has 1 N–H and O–H groups in total. The van der Waals surface area contributed by atoms with Crippen molar-refractivity contribution in [2.75, 3.05) is 0 Å². The number of nitrogens with one attached hydrogen (secondary N) is 1. The van der Waals surface area contributed by atoms with Crippen LogP contribution in [0.3, 0.4) is 0 Å². The van der Waals surface area contributed by atoms with Gasteiger partial charge in [0, 0.05) is 12.1 Å². The molecule has 0 spiro atoms. The number of rotatable bonds is 3. The molecule has 1 nitrogen and oxygen atoms in total. The van der Waals surface area contributed by atoms with E-state index in [9.17, 15) is 4.39 Å². The number of benzene rings is 1. The fourth-order valence-electron chi connectivity index (χ4n) is 3.77. The fourth-order valence-corrected chi connectivity index (χ4v) is 3.77. The molecule has 1 aromatic carbocycles. The second-order valence-corrected chi connectivity index (χ2v) is 6.90. The summed E-state index contributed by atoms with van der Waals surface area (Å²) in [5.41, 5.74) is 1.18. The quantitative estimate of drug-likeness (QED) is 0.793. The SMILES string of the molecule is CC1CCCC(NC2CC(c3cccc(F)c3)C2)CC1. The van der Waals surface area contributed by atoms with Crippen molar-refractivity contribution in [3.8, 4) is 0 Å². The Hall–Kier alpha value is -0.890. The maximum Gasteiger partial charge on any atom is 0.123 e. The van der Waals surface area contributed by atoms with Crippen LogP contribution >= 0.6 is 0 Å². The third-order valence-electron chi connectivity index (χ3n) is 5.19. The highest BCUT2D eigenvalue weighted by atomic mass is 19.1. The van der Waals surface area contributed by atoms with Gasteiger partial charge in [-0.15, -0.1) is 0 Å². The van der Waals surface area contributed by atoms with Crippen LogP contribution in [0.4, 0.5) is 4.39 Å². The molecule has 0 aliphatic heterocycles. The second-order valence-electron chi connectivity index (χ2n) is 6.90. The van der Waals surface area contributed by atoms with Gasteiger partial charge in [-0.3, -0.25) is 0 Å². The molecule has 1 aromatic rings. The molecule has 2 fully saturated rings. The first-order valence-electron chi connectivity index (χ1n) is 8.22. The van der Waals surface area contributed by atoms with Crippen LogP contribution in [-0.4, -0.2) is 12.1 Å². The van der Waals surface area contributed by atoms with Crippen molar-refractivity contribution in [2.45, 2.75) is 69.9 Å². The maximum atomic E-state index is 13.2. The van der Waals surface area contributed by atoms with E-state index in [2.05, 4.69) is 18.3 Å². The summed E-state index contributed by atoms with van der Waals surface area (Å²) in [5.74, 6) is 1.37. The van der Waals surface area contributed by atoms with Gasteiger partial charge in [-0.05, 0) is 61.6 Å². The molecular formula is C18H26FN. The van der Waals surface area contributed by atoms with Crippen LogP contribution in [0, 0.1) is 11.7 Å². The van der Waals surface area contributed by atoms with E-state index in [1.807, 2.05) is 6.07 Å². The van der Waals surface area contributed by atoms with Gasteiger partial charge in [-0.1, -0.05) is 31.9 Å². The lowest BCUT2D eigenvalue weighted by atomic mass is 9.75. The van der Waals surface area contributed by atoms with Crippen molar-refractivity contribution < 1.29 is 4.39 Å². The minimum Gasteiger partial charge on any atom is -0.311 e. The molecule has 2 unspecified atom stereocenters. The molecule has 0 amide bonds. The molecule has 0 heterocycles. The predicted molar refractivity (Wildman–Crippen MR) is 81.3 cm³/mol. The molecule has 0 bridgehead atoms. The summed E-state index contributed by atoms with van der Waals surface area (Å²) >= 11 is 0. The maximum absolute atomic E-state index is 13.2. The van der Waals surface area contributed by atoms with Crippen LogP contribution in [0.1, 0.15) is 63.4 Å². The van der Waals surface area contributed by atoms with E-state index in [4.69, 9.17) is 0 Å². The molecule has 2 saturated carbocycles. The van der Waals surface area contributed by atoms with E-state index in [0.29, 0.717) is 12.0 Å². The van der Waals surface area contributed by atoms with Crippen LogP contribution in [-0.2, 0) is 0 Å². The summed E-state index contributed by atoms with van der Waals surface area (Å²) < 4.78 is 13.2. The zero-order chi connectivity index (χ0) is 13.9. The first-order chi connectivity index (χ1) is 9.70. The van der Waals surface area contributed by atoms with Crippen molar-refractivity contribution in [2.24, 2.45) is 5.92 Å². The summed E-state index contributed by atoms with van der Waals surface area (Å²) in [4.78, 5) is 0. The topological polar surface area (TPSA) is 12.0 Å². The van der Waals surface area contributed by atoms with Crippen LogP contribution < -0.4 is 5.32 Å². The monoisotopic (exact) mass is 275 g/mol. The Bertz CT molecular complexity index is 439. The van der Waals surface area contributed by atoms with Gasteiger partial charge >= 0.3 is 0 Å². The summed E-state index contributed by atoms with van der Waals surface area (Å²) in [6.45, 7) is 2.38. The Morgan fingerprint density at radius 1 is 1.05 bits per heavy atom. The third kappa shape index (κ3) is 3.41. The number of halogens is 1. The van der Waals surface area contributed by atoms with E-state index in [1.165, 1.54) is 56.6 Å². The molecule has 0 saturated heterocycles. The van der Waals surface area contributed by atoms with Crippen molar-refractivity contribution in [1.29, 1.82) is 0 Å². The second kappa shape index (κ2) is 6.26. The smallest absolute Gasteiger partial charge is 0.123 e. The molecule has 2 aliphatic carbocycles. The molecule has 2 heteroatoms. The Morgan fingerprint density at radius 2 is 1.90 bits per heavy atom. The molecule has 2 aliphatic rings. The molecule has 110 valence electrons. The van der Waals surface area contributed by atoms with Crippen LogP contribution in [0.2, 0.25) is 0 Å². The Labute approximate surface area is 122 Å². The molecule has 2 atom stereocenters. The van der Waals surface area contributed by atoms with Crippen molar-refractivity contribution in [3.05, 3.63) is 35.6 Å². The van der Waals surface area contributed by atoms with E-state index in [1.54, 1.807) is 6.07 Å². The van der Waals surface area contributed by atoms with Crippen LogP contribution in [0.25, 0.3) is 0 Å². The zero-order valence-corrected chi connectivity index (χ0v) is 12.4. The van der Waals surface area contributed by atoms with Gasteiger partial charge < -0.3 is 5.32 Å². The average molecular weight is 275 g/mol. The van der Waals surface area contributed by atoms with Gasteiger partial charge in [0.25, 0.3) is 0 Å². The summed E-state index contributed by atoms with van der Waals surface area (Å²) in [5, 5.41) is 3.84. The highest BCUT2D eigenvalue weighted by molar-refractivity contribution is 5.23. The lowest BCUT2D eigenvalue weighted by Gasteiger charge is -2.38. The van der Waals surface area contributed by atoms with Gasteiger partial charge in [-0.25, -0.2) is 4.39 Å². The fraction of sp³-hybridized carbons (Fsp3) is 0.667. The minimum absolute atomic E-state index is 0.100. The summed E-state index contributed by atoms with van der Waals surface area (Å²) in [6, 6.07) is 8.51. The van der Waals surface area contributed by atoms with Gasteiger partial charge in [0.05, 0.1) is 0 Å². The van der Waals surface area contributed by atoms with E-state index in [-0.39, 0.29) is 5.82 Å². The molecule has 0 aromatic heterocycles. The lowest BCUT2D eigenvalue weighted by Crippen LogP contribution is -2.45. The standard InChI is InChI=1S/C18H26FN/c1-13-4-2-7-17(9-8-13)20-18-11-15(12-18)14-5-3-6-16(19)10-14/h3,5-6,10,13,15,17-18,20H,2,4,7-9,11-12H2,1H3. The van der Waals surface area contributed by atoms with Crippen LogP contribution in [0.15, 0.2) is 24.3 Å². The Kier molecular flexibility index (Phi) is 4.40. The Morgan fingerprint density at radius 3 is 2.70 bits per heavy atom. The first-order valence-corrected chi connectivity index (χ1v) is 8.22. The molecular weight excluding hydrogens is 249 g/mol. The van der Waals surface area contributed by atoms with Crippen molar-refractivity contribution in [3.63, 3.8) is 0 Å². The zero-order valence-electron chi connectivity index (χ0n) is 12.4. The van der Waals surface area contributed by atoms with Gasteiger partial charge in [-0.2, -0.15) is 0 Å². The normalized spacial score (nSPS) is 34.3. The van der Waals surface area contributed by atoms with Gasteiger partial charge in [0.1, 0.15) is 5.82 Å². The van der Waals surface area contributed by atoms with Gasteiger partial charge in [0.15, 0.2) is 0 Å². The lowest BCUT2D eigenvalue weighted by molar-refractivity contribution is 0.253. The largest absolute Gasteiger partial charge is 0.311 e. The van der Waals surface area contributed by atoms with E-state index >= 15 is 0 Å². The van der Waals surface area contributed by atoms with E-state index < -0.39 is 0 Å². The third-order valence-corrected chi connectivity index (χ3v) is 5.19. The molecule has 3 rings (SSSR count). The number of hydrogen-bond acceptors (Lipinski definition) is 1. The summed E-state index contributed by atoms with van der Waals surface area (Å²) in [6.07, 6.45) is 9.17. The van der Waals surface area contributed by atoms with E-state index in [0.717, 1.165) is 12.0 Å². The molecule has 20 heavy (non-hydrogen) atoms. The minimum atomic E-state index is -0.100. The number of hydrogen-bond donors (Lipinski definition) is 1. The predicted octanol–water partition coefficient (Wildman–Crippen LogP) is 4.63. The first kappa shape index (κ1) is 14.1. The van der Waals surface area contributed by atoms with Gasteiger partial charge in [0.2, 0.25) is 0 Å². The Balaban J connectivity index is 1.46. The molecule has 0 radical (unpaired) electrons. The highest BCUT2D eigenvalue weighted by Crippen LogP contribution is 2.38. The van der Waals surface area contributed by atoms with Crippen LogP contribution in [0.5, 0.6) is 0 Å². The van der Waals surface area contributed by atoms with Crippen molar-refractivity contribution >= 4 is 0 Å². The summed E-state index contributed by atoms with van der Waals surface area (Å²) in [7, 11) is 0. The van der Waals surface area contributed by atoms with Crippen molar-refractivity contribution in [1.82, 2.24) is 5.32 Å². The average Bonchev–Trinajstić information content (AvgIpc) is 2.58.